The molecule has 0 aromatic heterocycles. The van der Waals surface area contributed by atoms with Crippen molar-refractivity contribution in [2.75, 3.05) is 0 Å². The minimum Gasteiger partial charge on any atom is -0.403 e. The summed E-state index contributed by atoms with van der Waals surface area (Å²) in [5.74, 6) is 1.30. The second-order valence-corrected chi connectivity index (χ2v) is 9.46. The first-order valence-electron chi connectivity index (χ1n) is 10.5. The first kappa shape index (κ1) is 18.4. The molecule has 0 N–H and O–H groups in total. The van der Waals surface area contributed by atoms with Crippen LogP contribution in [0.5, 0.6) is 0 Å². The molecular weight excluding hydrogens is 347 g/mol. The van der Waals surface area contributed by atoms with E-state index in [1.54, 1.807) is 0 Å². The van der Waals surface area contributed by atoms with Gasteiger partial charge in [0.1, 0.15) is 6.00 Å². The van der Waals surface area contributed by atoms with E-state index in [1.165, 1.54) is 6.42 Å². The lowest BCUT2D eigenvalue weighted by molar-refractivity contribution is -0.199. The van der Waals surface area contributed by atoms with Crippen molar-refractivity contribution in [3.63, 3.8) is 0 Å². The molecule has 4 fully saturated rings. The average molecular weight is 376 g/mol. The fourth-order valence-corrected chi connectivity index (χ4v) is 5.76. The highest BCUT2D eigenvalue weighted by atomic mass is 16.7. The molecule has 2 aromatic carbocycles. The standard InChI is InChI=1S/C24H29BO3/c1-23(2)19-14-20(23)24(3)21(15-19)27-25(28-24)22(18-12-8-5-9-13-18)26-16-17-10-6-4-7-11-17/h4-13,19-22H,14-16H2,1-3H3/t19?,20?,21-,22-,24-/m0/s1. The maximum atomic E-state index is 6.70. The van der Waals surface area contributed by atoms with Gasteiger partial charge in [0.05, 0.1) is 18.3 Å². The number of hydrogen-bond acceptors (Lipinski definition) is 3. The fraction of sp³-hybridized carbons (Fsp3) is 0.500. The zero-order valence-electron chi connectivity index (χ0n) is 17.0. The van der Waals surface area contributed by atoms with E-state index in [-0.39, 0.29) is 24.8 Å². The summed E-state index contributed by atoms with van der Waals surface area (Å²) >= 11 is 0. The molecule has 4 aliphatic rings. The van der Waals surface area contributed by atoms with Crippen molar-refractivity contribution in [3.8, 4) is 0 Å². The molecule has 1 heterocycles. The van der Waals surface area contributed by atoms with E-state index in [0.717, 1.165) is 23.5 Å². The monoisotopic (exact) mass is 376 g/mol. The van der Waals surface area contributed by atoms with Crippen molar-refractivity contribution in [2.24, 2.45) is 17.3 Å². The summed E-state index contributed by atoms with van der Waals surface area (Å²) < 4.78 is 19.6. The van der Waals surface area contributed by atoms with Gasteiger partial charge >= 0.3 is 7.12 Å². The summed E-state index contributed by atoms with van der Waals surface area (Å²) in [4.78, 5) is 0. The van der Waals surface area contributed by atoms with E-state index in [4.69, 9.17) is 14.0 Å². The highest BCUT2D eigenvalue weighted by molar-refractivity contribution is 6.47. The Balaban J connectivity index is 1.39. The van der Waals surface area contributed by atoms with Gasteiger partial charge in [0.2, 0.25) is 0 Å². The lowest BCUT2D eigenvalue weighted by Crippen LogP contribution is -2.65. The number of rotatable bonds is 5. The van der Waals surface area contributed by atoms with Gasteiger partial charge in [-0.15, -0.1) is 0 Å². The number of ether oxygens (including phenoxy) is 1. The third-order valence-corrected chi connectivity index (χ3v) is 7.62. The van der Waals surface area contributed by atoms with Crippen LogP contribution in [0.4, 0.5) is 0 Å². The Hall–Kier alpha value is -1.62. The van der Waals surface area contributed by atoms with Crippen LogP contribution in [0.15, 0.2) is 60.7 Å². The molecular formula is C24H29BO3. The van der Waals surface area contributed by atoms with Crippen molar-refractivity contribution in [3.05, 3.63) is 71.8 Å². The highest BCUT2D eigenvalue weighted by Gasteiger charge is 2.68. The van der Waals surface area contributed by atoms with Crippen LogP contribution in [-0.4, -0.2) is 18.8 Å². The smallest absolute Gasteiger partial charge is 0.403 e. The maximum Gasteiger partial charge on any atom is 0.493 e. The topological polar surface area (TPSA) is 27.7 Å². The molecule has 3 aliphatic carbocycles. The summed E-state index contributed by atoms with van der Waals surface area (Å²) in [5.41, 5.74) is 2.40. The molecule has 2 unspecified atom stereocenters. The predicted octanol–water partition coefficient (Wildman–Crippen LogP) is 5.21. The van der Waals surface area contributed by atoms with Gasteiger partial charge in [-0.05, 0) is 48.1 Å². The van der Waals surface area contributed by atoms with E-state index in [0.29, 0.717) is 17.9 Å². The maximum absolute atomic E-state index is 6.70. The molecule has 6 rings (SSSR count). The Bertz CT molecular complexity index is 824. The summed E-state index contributed by atoms with van der Waals surface area (Å²) in [7, 11) is -0.365. The summed E-state index contributed by atoms with van der Waals surface area (Å²) in [6.45, 7) is 7.59. The van der Waals surface area contributed by atoms with Crippen molar-refractivity contribution < 1.29 is 14.0 Å². The largest absolute Gasteiger partial charge is 0.493 e. The summed E-state index contributed by atoms with van der Waals surface area (Å²) in [6, 6.07) is 20.4. The van der Waals surface area contributed by atoms with Crippen LogP contribution in [0, 0.1) is 17.3 Å². The van der Waals surface area contributed by atoms with Crippen molar-refractivity contribution in [1.29, 1.82) is 0 Å². The van der Waals surface area contributed by atoms with E-state index >= 15 is 0 Å². The summed E-state index contributed by atoms with van der Waals surface area (Å²) in [6.07, 6.45) is 2.52. The molecule has 28 heavy (non-hydrogen) atoms. The van der Waals surface area contributed by atoms with Crippen LogP contribution < -0.4 is 0 Å². The number of hydrogen-bond donors (Lipinski definition) is 0. The van der Waals surface area contributed by atoms with E-state index in [2.05, 4.69) is 57.2 Å². The predicted molar refractivity (Wildman–Crippen MR) is 111 cm³/mol. The molecule has 146 valence electrons. The second-order valence-electron chi connectivity index (χ2n) is 9.46. The molecule has 2 bridgehead atoms. The number of benzene rings is 2. The minimum absolute atomic E-state index is 0.167. The van der Waals surface area contributed by atoms with E-state index in [1.807, 2.05) is 24.3 Å². The van der Waals surface area contributed by atoms with Gasteiger partial charge < -0.3 is 14.0 Å². The lowest BCUT2D eigenvalue weighted by atomic mass is 9.43. The zero-order valence-corrected chi connectivity index (χ0v) is 17.0. The zero-order chi connectivity index (χ0) is 19.4. The van der Waals surface area contributed by atoms with E-state index in [9.17, 15) is 0 Å². The van der Waals surface area contributed by atoms with Crippen molar-refractivity contribution in [2.45, 2.75) is 57.9 Å². The van der Waals surface area contributed by atoms with Gasteiger partial charge in [0.15, 0.2) is 0 Å². The molecule has 3 nitrogen and oxygen atoms in total. The Kier molecular flexibility index (Phi) is 4.42. The molecule has 5 atom stereocenters. The van der Waals surface area contributed by atoms with Gasteiger partial charge in [-0.3, -0.25) is 0 Å². The normalized spacial score (nSPS) is 33.8. The lowest BCUT2D eigenvalue weighted by Gasteiger charge is -2.64. The molecule has 2 aromatic rings. The Labute approximate surface area is 168 Å². The first-order valence-corrected chi connectivity index (χ1v) is 10.5. The second kappa shape index (κ2) is 6.72. The van der Waals surface area contributed by atoms with E-state index < -0.39 is 0 Å². The third-order valence-electron chi connectivity index (χ3n) is 7.62. The van der Waals surface area contributed by atoms with Crippen molar-refractivity contribution >= 4 is 7.12 Å². The molecule has 1 saturated heterocycles. The molecule has 1 aliphatic heterocycles. The molecule has 0 spiro atoms. The van der Waals surface area contributed by atoms with Crippen LogP contribution in [0.2, 0.25) is 0 Å². The van der Waals surface area contributed by atoms with Crippen molar-refractivity contribution in [1.82, 2.24) is 0 Å². The highest BCUT2D eigenvalue weighted by Crippen LogP contribution is 2.66. The van der Waals surface area contributed by atoms with Gasteiger partial charge in [0.25, 0.3) is 0 Å². The SMILES string of the molecule is CC1(C)C2CC1[C@]1(C)OB([C@@H](OCc3ccccc3)c3ccccc3)O[C@H]1C2. The van der Waals surface area contributed by atoms with Crippen LogP contribution in [0.25, 0.3) is 0 Å². The van der Waals surface area contributed by atoms with Gasteiger partial charge in [-0.1, -0.05) is 74.5 Å². The molecule has 4 heteroatoms. The Morgan fingerprint density at radius 2 is 1.68 bits per heavy atom. The van der Waals surface area contributed by atoms with Crippen LogP contribution in [0.1, 0.15) is 50.7 Å². The van der Waals surface area contributed by atoms with Gasteiger partial charge in [0, 0.05) is 0 Å². The molecule has 3 saturated carbocycles. The Morgan fingerprint density at radius 3 is 2.36 bits per heavy atom. The van der Waals surface area contributed by atoms with Gasteiger partial charge in [-0.2, -0.15) is 0 Å². The average Bonchev–Trinajstić information content (AvgIpc) is 3.06. The summed E-state index contributed by atoms with van der Waals surface area (Å²) in [5, 5.41) is 0. The van der Waals surface area contributed by atoms with Crippen LogP contribution in [0.3, 0.4) is 0 Å². The fourth-order valence-electron chi connectivity index (χ4n) is 5.76. The third kappa shape index (κ3) is 2.85. The molecule has 0 radical (unpaired) electrons. The quantitative estimate of drug-likeness (QED) is 0.671. The van der Waals surface area contributed by atoms with Crippen LogP contribution in [-0.2, 0) is 20.7 Å². The Morgan fingerprint density at radius 1 is 1.00 bits per heavy atom. The minimum atomic E-state index is -0.365. The molecule has 0 amide bonds. The van der Waals surface area contributed by atoms with Crippen LogP contribution >= 0.6 is 0 Å². The first-order chi connectivity index (χ1) is 13.5. The van der Waals surface area contributed by atoms with Gasteiger partial charge in [-0.25, -0.2) is 0 Å².